The minimum absolute atomic E-state index is 0.268. The third-order valence-electron chi connectivity index (χ3n) is 2.92. The lowest BCUT2D eigenvalue weighted by Crippen LogP contribution is -2.19. The highest BCUT2D eigenvalue weighted by Crippen LogP contribution is 2.18. The van der Waals surface area contributed by atoms with Gasteiger partial charge in [-0.1, -0.05) is 34.1 Å². The molecule has 6 heteroatoms. The van der Waals surface area contributed by atoms with Crippen LogP contribution in [0.4, 0.5) is 0 Å². The topological polar surface area (TPSA) is 61.8 Å². The second kappa shape index (κ2) is 8.33. The van der Waals surface area contributed by atoms with E-state index in [-0.39, 0.29) is 19.0 Å². The van der Waals surface area contributed by atoms with Gasteiger partial charge in [-0.15, -0.1) is 0 Å². The van der Waals surface area contributed by atoms with E-state index in [0.29, 0.717) is 17.1 Å². The number of benzene rings is 2. The molecule has 23 heavy (non-hydrogen) atoms. The highest BCUT2D eigenvalue weighted by Gasteiger charge is 2.14. The van der Waals surface area contributed by atoms with Crippen LogP contribution >= 0.6 is 15.9 Å². The number of halogens is 1. The van der Waals surface area contributed by atoms with Gasteiger partial charge in [-0.05, 0) is 30.3 Å². The number of rotatable bonds is 7. The van der Waals surface area contributed by atoms with E-state index in [1.165, 1.54) is 7.11 Å². The van der Waals surface area contributed by atoms with Gasteiger partial charge in [0.15, 0.2) is 13.2 Å². The van der Waals surface area contributed by atoms with E-state index in [9.17, 15) is 9.59 Å². The summed E-state index contributed by atoms with van der Waals surface area (Å²) in [6, 6.07) is 13.8. The Labute approximate surface area is 142 Å². The fourth-order valence-corrected chi connectivity index (χ4v) is 2.22. The molecule has 0 saturated carbocycles. The van der Waals surface area contributed by atoms with Crippen molar-refractivity contribution >= 4 is 27.7 Å². The van der Waals surface area contributed by atoms with E-state index in [1.54, 1.807) is 42.5 Å². The zero-order chi connectivity index (χ0) is 16.7. The summed E-state index contributed by atoms with van der Waals surface area (Å²) in [6.45, 7) is -0.628. The van der Waals surface area contributed by atoms with Crippen molar-refractivity contribution in [2.75, 3.05) is 20.3 Å². The summed E-state index contributed by atoms with van der Waals surface area (Å²) in [5.74, 6) is 0.0257. The third-order valence-corrected chi connectivity index (χ3v) is 3.42. The molecule has 2 aromatic carbocycles. The Morgan fingerprint density at radius 2 is 1.83 bits per heavy atom. The quantitative estimate of drug-likeness (QED) is 0.546. The first-order chi connectivity index (χ1) is 11.1. The van der Waals surface area contributed by atoms with E-state index in [2.05, 4.69) is 15.9 Å². The maximum atomic E-state index is 12.0. The van der Waals surface area contributed by atoms with Crippen LogP contribution in [0.15, 0.2) is 53.0 Å². The second-order valence-corrected chi connectivity index (χ2v) is 5.45. The second-order valence-electron chi connectivity index (χ2n) is 4.53. The van der Waals surface area contributed by atoms with Gasteiger partial charge >= 0.3 is 5.97 Å². The number of ketones is 1. The lowest BCUT2D eigenvalue weighted by molar-refractivity contribution is -0.144. The third kappa shape index (κ3) is 5.10. The van der Waals surface area contributed by atoms with Gasteiger partial charge in [0.2, 0.25) is 5.78 Å². The SMILES string of the molecule is COc1ccccc1C(=O)COC(=O)COc1cccc(Br)c1. The number of esters is 1. The van der Waals surface area contributed by atoms with Crippen LogP contribution in [0.2, 0.25) is 0 Å². The van der Waals surface area contributed by atoms with Crippen LogP contribution in [0.1, 0.15) is 10.4 Å². The van der Waals surface area contributed by atoms with Crippen molar-refractivity contribution in [3.8, 4) is 11.5 Å². The average molecular weight is 379 g/mol. The summed E-state index contributed by atoms with van der Waals surface area (Å²) >= 11 is 3.31. The Kier molecular flexibility index (Phi) is 6.17. The van der Waals surface area contributed by atoms with Gasteiger partial charge < -0.3 is 14.2 Å². The number of Topliss-reactive ketones (excluding diaryl/α,β-unsaturated/α-hetero) is 1. The molecule has 0 aliphatic heterocycles. The summed E-state index contributed by atoms with van der Waals surface area (Å²) in [5, 5.41) is 0. The van der Waals surface area contributed by atoms with Gasteiger partial charge in [-0.2, -0.15) is 0 Å². The molecular formula is C17H15BrO5. The molecule has 0 aromatic heterocycles. The van der Waals surface area contributed by atoms with Gasteiger partial charge in [0.05, 0.1) is 12.7 Å². The van der Waals surface area contributed by atoms with Crippen LogP contribution in [0.5, 0.6) is 11.5 Å². The fourth-order valence-electron chi connectivity index (χ4n) is 1.84. The Balaban J connectivity index is 1.83. The molecule has 0 atom stereocenters. The molecule has 0 bridgehead atoms. The van der Waals surface area contributed by atoms with Crippen LogP contribution in [0.3, 0.4) is 0 Å². The Morgan fingerprint density at radius 1 is 1.04 bits per heavy atom. The molecule has 0 aliphatic carbocycles. The van der Waals surface area contributed by atoms with Gasteiger partial charge in [-0.25, -0.2) is 4.79 Å². The van der Waals surface area contributed by atoms with Crippen molar-refractivity contribution in [3.05, 3.63) is 58.6 Å². The smallest absolute Gasteiger partial charge is 0.344 e. The monoisotopic (exact) mass is 378 g/mol. The standard InChI is InChI=1S/C17H15BrO5/c1-21-16-8-3-2-7-14(16)15(19)10-23-17(20)11-22-13-6-4-5-12(18)9-13/h2-9H,10-11H2,1H3. The largest absolute Gasteiger partial charge is 0.496 e. The average Bonchev–Trinajstić information content (AvgIpc) is 2.57. The zero-order valence-electron chi connectivity index (χ0n) is 12.5. The highest BCUT2D eigenvalue weighted by atomic mass is 79.9. The lowest BCUT2D eigenvalue weighted by Gasteiger charge is -2.09. The first-order valence-electron chi connectivity index (χ1n) is 6.80. The van der Waals surface area contributed by atoms with Gasteiger partial charge in [0, 0.05) is 4.47 Å². The van der Waals surface area contributed by atoms with Crippen molar-refractivity contribution in [1.29, 1.82) is 0 Å². The molecule has 0 aliphatic rings. The Bertz CT molecular complexity index is 699. The maximum Gasteiger partial charge on any atom is 0.344 e. The molecule has 120 valence electrons. The summed E-state index contributed by atoms with van der Waals surface area (Å²) in [4.78, 5) is 23.7. The molecule has 5 nitrogen and oxygen atoms in total. The van der Waals surface area contributed by atoms with E-state index in [0.717, 1.165) is 4.47 Å². The van der Waals surface area contributed by atoms with E-state index in [4.69, 9.17) is 14.2 Å². The molecule has 0 fully saturated rings. The predicted octanol–water partition coefficient (Wildman–Crippen LogP) is 3.26. The first-order valence-corrected chi connectivity index (χ1v) is 7.59. The Hall–Kier alpha value is -2.34. The number of hydrogen-bond donors (Lipinski definition) is 0. The summed E-state index contributed by atoms with van der Waals surface area (Å²) in [7, 11) is 1.48. The molecule has 0 unspecified atom stereocenters. The minimum atomic E-state index is -0.617. The van der Waals surface area contributed by atoms with E-state index < -0.39 is 5.97 Å². The molecule has 0 amide bonds. The van der Waals surface area contributed by atoms with E-state index in [1.807, 2.05) is 6.07 Å². The van der Waals surface area contributed by atoms with Gasteiger partial charge in [0.1, 0.15) is 11.5 Å². The van der Waals surface area contributed by atoms with Crippen LogP contribution < -0.4 is 9.47 Å². The number of hydrogen-bond acceptors (Lipinski definition) is 5. The summed E-state index contributed by atoms with van der Waals surface area (Å²) < 4.78 is 16.2. The number of para-hydroxylation sites is 1. The lowest BCUT2D eigenvalue weighted by atomic mass is 10.1. The first kappa shape index (κ1) is 17.0. The summed E-state index contributed by atoms with van der Waals surface area (Å²) in [6.07, 6.45) is 0. The number of methoxy groups -OCH3 is 1. The fraction of sp³-hybridized carbons (Fsp3) is 0.176. The Morgan fingerprint density at radius 3 is 2.57 bits per heavy atom. The molecule has 0 spiro atoms. The highest BCUT2D eigenvalue weighted by molar-refractivity contribution is 9.10. The van der Waals surface area contributed by atoms with Gasteiger partial charge in [-0.3, -0.25) is 4.79 Å². The molecular weight excluding hydrogens is 364 g/mol. The van der Waals surface area contributed by atoms with Crippen molar-refractivity contribution < 1.29 is 23.8 Å². The van der Waals surface area contributed by atoms with Crippen LogP contribution in [-0.2, 0) is 9.53 Å². The van der Waals surface area contributed by atoms with Crippen molar-refractivity contribution in [2.24, 2.45) is 0 Å². The van der Waals surface area contributed by atoms with E-state index >= 15 is 0 Å². The maximum absolute atomic E-state index is 12.0. The molecule has 2 rings (SSSR count). The van der Waals surface area contributed by atoms with Crippen LogP contribution in [-0.4, -0.2) is 32.1 Å². The van der Waals surface area contributed by atoms with Crippen LogP contribution in [0.25, 0.3) is 0 Å². The summed E-state index contributed by atoms with van der Waals surface area (Å²) in [5.41, 5.74) is 0.371. The predicted molar refractivity (Wildman–Crippen MR) is 87.9 cm³/mol. The number of carbonyl (C=O) groups is 2. The van der Waals surface area contributed by atoms with Crippen molar-refractivity contribution in [3.63, 3.8) is 0 Å². The number of ether oxygens (including phenoxy) is 3. The van der Waals surface area contributed by atoms with Gasteiger partial charge in [0.25, 0.3) is 0 Å². The minimum Gasteiger partial charge on any atom is -0.496 e. The normalized spacial score (nSPS) is 10.0. The molecule has 2 aromatic rings. The molecule has 0 heterocycles. The molecule has 0 N–H and O–H groups in total. The van der Waals surface area contributed by atoms with Crippen molar-refractivity contribution in [2.45, 2.75) is 0 Å². The number of carbonyl (C=O) groups excluding carboxylic acids is 2. The molecule has 0 saturated heterocycles. The zero-order valence-corrected chi connectivity index (χ0v) is 14.0. The molecule has 0 radical (unpaired) electrons. The van der Waals surface area contributed by atoms with Crippen LogP contribution in [0, 0.1) is 0 Å². The van der Waals surface area contributed by atoms with Crippen molar-refractivity contribution in [1.82, 2.24) is 0 Å².